The van der Waals surface area contributed by atoms with E-state index in [1.165, 1.54) is 12.1 Å². The summed E-state index contributed by atoms with van der Waals surface area (Å²) in [7, 11) is 0. The van der Waals surface area contributed by atoms with E-state index >= 15 is 0 Å². The third-order valence-electron chi connectivity index (χ3n) is 5.24. The lowest BCUT2D eigenvalue weighted by molar-refractivity contribution is 0.174. The van der Waals surface area contributed by atoms with Gasteiger partial charge in [-0.3, -0.25) is 0 Å². The van der Waals surface area contributed by atoms with Crippen LogP contribution in [0, 0.1) is 17.1 Å². The molecule has 31 heavy (non-hydrogen) atoms. The Morgan fingerprint density at radius 1 is 1.00 bits per heavy atom. The van der Waals surface area contributed by atoms with E-state index in [4.69, 9.17) is 24.7 Å². The normalized spacial score (nSPS) is 16.3. The summed E-state index contributed by atoms with van der Waals surface area (Å²) in [5.74, 6) is 1.74. The van der Waals surface area contributed by atoms with Crippen molar-refractivity contribution in [2.45, 2.75) is 12.5 Å². The molecule has 0 saturated heterocycles. The Morgan fingerprint density at radius 3 is 2.42 bits per heavy atom. The van der Waals surface area contributed by atoms with Crippen LogP contribution in [-0.4, -0.2) is 6.79 Å². The van der Waals surface area contributed by atoms with Crippen molar-refractivity contribution in [2.24, 2.45) is 5.73 Å². The zero-order valence-electron chi connectivity index (χ0n) is 16.3. The number of ether oxygens (including phenoxy) is 4. The van der Waals surface area contributed by atoms with Crippen molar-refractivity contribution in [3.05, 3.63) is 94.6 Å². The second kappa shape index (κ2) is 7.58. The fourth-order valence-electron chi connectivity index (χ4n) is 3.69. The number of rotatable bonds is 4. The van der Waals surface area contributed by atoms with Gasteiger partial charge in [-0.25, -0.2) is 4.39 Å². The minimum atomic E-state index is -0.408. The third-order valence-corrected chi connectivity index (χ3v) is 5.24. The van der Waals surface area contributed by atoms with Gasteiger partial charge in [0.05, 0.1) is 5.92 Å². The molecule has 0 unspecified atom stereocenters. The average Bonchev–Trinajstić information content (AvgIpc) is 3.24. The molecule has 0 amide bonds. The van der Waals surface area contributed by atoms with Gasteiger partial charge in [0.25, 0.3) is 0 Å². The fraction of sp³-hybridized carbons (Fsp3) is 0.125. The molecule has 2 aliphatic heterocycles. The summed E-state index contributed by atoms with van der Waals surface area (Å²) >= 11 is 0. The summed E-state index contributed by atoms with van der Waals surface area (Å²) in [5, 5.41) is 9.72. The number of nitrogens with zero attached hydrogens (tertiary/aromatic N) is 1. The highest BCUT2D eigenvalue weighted by molar-refractivity contribution is 5.61. The first-order valence-corrected chi connectivity index (χ1v) is 9.60. The van der Waals surface area contributed by atoms with Crippen molar-refractivity contribution in [1.29, 1.82) is 5.26 Å². The SMILES string of the molecule is N#CC1=C(N)Oc2cc3c(cc2[C@H]1c1ccc(OCc2ccc(F)cc2)cc1)OCO3. The zero-order chi connectivity index (χ0) is 21.4. The van der Waals surface area contributed by atoms with Crippen LogP contribution in [-0.2, 0) is 6.61 Å². The van der Waals surface area contributed by atoms with Crippen molar-refractivity contribution in [1.82, 2.24) is 0 Å². The monoisotopic (exact) mass is 416 g/mol. The second-order valence-electron chi connectivity index (χ2n) is 7.15. The highest BCUT2D eigenvalue weighted by Gasteiger charge is 2.33. The Hall–Kier alpha value is -4.18. The van der Waals surface area contributed by atoms with E-state index in [0.29, 0.717) is 35.2 Å². The van der Waals surface area contributed by atoms with Gasteiger partial charge < -0.3 is 24.7 Å². The zero-order valence-corrected chi connectivity index (χ0v) is 16.3. The number of nitrogens with two attached hydrogens (primary N) is 1. The van der Waals surface area contributed by atoms with Crippen molar-refractivity contribution in [2.75, 3.05) is 6.79 Å². The Labute approximate surface area is 177 Å². The van der Waals surface area contributed by atoms with E-state index in [1.807, 2.05) is 30.3 Å². The van der Waals surface area contributed by atoms with Gasteiger partial charge in [-0.05, 0) is 41.5 Å². The Morgan fingerprint density at radius 2 is 1.71 bits per heavy atom. The molecule has 7 heteroatoms. The summed E-state index contributed by atoms with van der Waals surface area (Å²) < 4.78 is 35.4. The molecule has 0 aliphatic carbocycles. The van der Waals surface area contributed by atoms with Crippen LogP contribution in [0.15, 0.2) is 72.1 Å². The van der Waals surface area contributed by atoms with Crippen LogP contribution in [0.3, 0.4) is 0 Å². The highest BCUT2D eigenvalue weighted by Crippen LogP contribution is 2.47. The first-order chi connectivity index (χ1) is 15.1. The van der Waals surface area contributed by atoms with Gasteiger partial charge in [-0.1, -0.05) is 24.3 Å². The number of allylic oxidation sites excluding steroid dienone is 1. The summed E-state index contributed by atoms with van der Waals surface area (Å²) in [4.78, 5) is 0. The molecule has 0 spiro atoms. The number of halogens is 1. The number of fused-ring (bicyclic) bond motifs is 2. The molecule has 2 heterocycles. The van der Waals surface area contributed by atoms with E-state index < -0.39 is 5.92 Å². The van der Waals surface area contributed by atoms with Crippen LogP contribution < -0.4 is 24.7 Å². The van der Waals surface area contributed by atoms with Gasteiger partial charge in [-0.2, -0.15) is 5.26 Å². The van der Waals surface area contributed by atoms with Crippen molar-refractivity contribution in [3.8, 4) is 29.1 Å². The maximum Gasteiger partial charge on any atom is 0.231 e. The number of hydrogen-bond acceptors (Lipinski definition) is 6. The number of nitriles is 1. The van der Waals surface area contributed by atoms with Gasteiger partial charge in [0.1, 0.15) is 35.6 Å². The maximum atomic E-state index is 13.0. The summed E-state index contributed by atoms with van der Waals surface area (Å²) in [6.07, 6.45) is 0. The molecule has 2 aliphatic rings. The van der Waals surface area contributed by atoms with Crippen LogP contribution in [0.5, 0.6) is 23.0 Å². The lowest BCUT2D eigenvalue weighted by Gasteiger charge is -2.26. The molecule has 3 aromatic carbocycles. The molecule has 2 N–H and O–H groups in total. The van der Waals surface area contributed by atoms with E-state index in [1.54, 1.807) is 18.2 Å². The topological polar surface area (TPSA) is 86.7 Å². The van der Waals surface area contributed by atoms with Crippen LogP contribution in [0.1, 0.15) is 22.6 Å². The lowest BCUT2D eigenvalue weighted by Crippen LogP contribution is -2.21. The third kappa shape index (κ3) is 3.49. The molecular weight excluding hydrogens is 399 g/mol. The van der Waals surface area contributed by atoms with Gasteiger partial charge >= 0.3 is 0 Å². The lowest BCUT2D eigenvalue weighted by atomic mass is 9.83. The van der Waals surface area contributed by atoms with Gasteiger partial charge in [0, 0.05) is 11.6 Å². The van der Waals surface area contributed by atoms with Crippen LogP contribution in [0.2, 0.25) is 0 Å². The van der Waals surface area contributed by atoms with Crippen LogP contribution >= 0.6 is 0 Å². The first-order valence-electron chi connectivity index (χ1n) is 9.60. The highest BCUT2D eigenvalue weighted by atomic mass is 19.1. The molecular formula is C24H17FN2O4. The van der Waals surface area contributed by atoms with Crippen molar-refractivity contribution >= 4 is 0 Å². The Balaban J connectivity index is 1.43. The summed E-state index contributed by atoms with van der Waals surface area (Å²) in [6, 6.07) is 19.3. The van der Waals surface area contributed by atoms with Gasteiger partial charge in [-0.15, -0.1) is 0 Å². The predicted octanol–water partition coefficient (Wildman–Crippen LogP) is 4.35. The minimum Gasteiger partial charge on any atom is -0.489 e. The standard InChI is InChI=1S/C24H17FN2O4/c25-16-5-1-14(2-6-16)12-28-17-7-3-15(4-8-17)23-18-9-21-22(30-13-29-21)10-20(18)31-24(27)19(23)11-26/h1-10,23H,12-13,27H2/t23-/m1/s1. The molecule has 5 rings (SSSR count). The van der Waals surface area contributed by atoms with E-state index in [0.717, 1.165) is 16.7 Å². The molecule has 1 atom stereocenters. The van der Waals surface area contributed by atoms with Crippen molar-refractivity contribution < 1.29 is 23.3 Å². The molecule has 0 aromatic heterocycles. The molecule has 0 bridgehead atoms. The Kier molecular flexibility index (Phi) is 4.60. The molecule has 3 aromatic rings. The van der Waals surface area contributed by atoms with Crippen LogP contribution in [0.4, 0.5) is 4.39 Å². The molecule has 154 valence electrons. The maximum absolute atomic E-state index is 13.0. The molecule has 6 nitrogen and oxygen atoms in total. The van der Waals surface area contributed by atoms with Crippen molar-refractivity contribution in [3.63, 3.8) is 0 Å². The molecule has 0 saturated carbocycles. The Bertz CT molecular complexity index is 1210. The average molecular weight is 416 g/mol. The second-order valence-corrected chi connectivity index (χ2v) is 7.15. The van der Waals surface area contributed by atoms with E-state index in [9.17, 15) is 9.65 Å². The van der Waals surface area contributed by atoms with Crippen LogP contribution in [0.25, 0.3) is 0 Å². The van der Waals surface area contributed by atoms with Gasteiger partial charge in [0.2, 0.25) is 12.7 Å². The van der Waals surface area contributed by atoms with Gasteiger partial charge in [0.15, 0.2) is 11.5 Å². The number of hydrogen-bond donors (Lipinski definition) is 1. The smallest absolute Gasteiger partial charge is 0.231 e. The summed E-state index contributed by atoms with van der Waals surface area (Å²) in [5.41, 5.74) is 8.86. The van der Waals surface area contributed by atoms with E-state index in [-0.39, 0.29) is 18.5 Å². The molecule has 0 fully saturated rings. The predicted molar refractivity (Wildman–Crippen MR) is 109 cm³/mol. The quantitative estimate of drug-likeness (QED) is 0.680. The molecule has 0 radical (unpaired) electrons. The fourth-order valence-corrected chi connectivity index (χ4v) is 3.69. The first kappa shape index (κ1) is 18.8. The minimum absolute atomic E-state index is 0.0653. The summed E-state index contributed by atoms with van der Waals surface area (Å²) in [6.45, 7) is 0.455. The number of benzene rings is 3. The van der Waals surface area contributed by atoms with E-state index in [2.05, 4.69) is 6.07 Å². The largest absolute Gasteiger partial charge is 0.489 e.